The molecule has 1 atom stereocenters. The highest BCUT2D eigenvalue weighted by atomic mass is 16.1. The molecule has 0 aromatic heterocycles. The Morgan fingerprint density at radius 3 is 2.10 bits per heavy atom. The van der Waals surface area contributed by atoms with Crippen LogP contribution in [0.15, 0.2) is 24.3 Å². The maximum absolute atomic E-state index is 12.2. The molecule has 0 aliphatic carbocycles. The van der Waals surface area contributed by atoms with Gasteiger partial charge >= 0.3 is 0 Å². The summed E-state index contributed by atoms with van der Waals surface area (Å²) in [6.07, 6.45) is 0.462. The van der Waals surface area contributed by atoms with Crippen molar-refractivity contribution in [3.63, 3.8) is 0 Å². The summed E-state index contributed by atoms with van der Waals surface area (Å²) in [5.74, 6) is 0.144. The van der Waals surface area contributed by atoms with Crippen LogP contribution in [-0.2, 0) is 0 Å². The number of amides is 1. The van der Waals surface area contributed by atoms with Gasteiger partial charge in [0.2, 0.25) is 0 Å². The standard InChI is InChI=1S/C16H24N2O2/c1-5-14(19)12-6-8-13(9-7-12)15(20)18-16(4,10-17)11(2)3/h6-9,11H,5,10,17H2,1-4H3,(H,18,20). The van der Waals surface area contributed by atoms with Gasteiger partial charge < -0.3 is 11.1 Å². The molecule has 1 aromatic rings. The van der Waals surface area contributed by atoms with E-state index in [0.717, 1.165) is 0 Å². The van der Waals surface area contributed by atoms with Gasteiger partial charge in [-0.2, -0.15) is 0 Å². The Morgan fingerprint density at radius 2 is 1.70 bits per heavy atom. The van der Waals surface area contributed by atoms with Gasteiger partial charge in [-0.25, -0.2) is 0 Å². The average Bonchev–Trinajstić information content (AvgIpc) is 2.46. The SMILES string of the molecule is CCC(=O)c1ccc(C(=O)NC(C)(CN)C(C)C)cc1. The summed E-state index contributed by atoms with van der Waals surface area (Å²) in [5, 5.41) is 2.97. The number of carbonyl (C=O) groups excluding carboxylic acids is 2. The van der Waals surface area contributed by atoms with Crippen LogP contribution in [0.4, 0.5) is 0 Å². The van der Waals surface area contributed by atoms with Crippen LogP contribution in [-0.4, -0.2) is 23.8 Å². The van der Waals surface area contributed by atoms with E-state index >= 15 is 0 Å². The first-order valence-electron chi connectivity index (χ1n) is 7.00. The number of rotatable bonds is 6. The van der Waals surface area contributed by atoms with E-state index in [-0.39, 0.29) is 17.6 Å². The first-order chi connectivity index (χ1) is 9.34. The Morgan fingerprint density at radius 1 is 1.20 bits per heavy atom. The fourth-order valence-corrected chi connectivity index (χ4v) is 1.77. The summed E-state index contributed by atoms with van der Waals surface area (Å²) < 4.78 is 0. The molecule has 3 N–H and O–H groups in total. The van der Waals surface area contributed by atoms with Gasteiger partial charge in [0.25, 0.3) is 5.91 Å². The summed E-state index contributed by atoms with van der Waals surface area (Å²) in [5.41, 5.74) is 6.49. The molecule has 4 nitrogen and oxygen atoms in total. The molecule has 110 valence electrons. The molecule has 0 spiro atoms. The lowest BCUT2D eigenvalue weighted by Gasteiger charge is -2.33. The molecular formula is C16H24N2O2. The van der Waals surface area contributed by atoms with E-state index in [1.54, 1.807) is 24.3 Å². The lowest BCUT2D eigenvalue weighted by molar-refractivity contribution is 0.0882. The molecule has 4 heteroatoms. The highest BCUT2D eigenvalue weighted by molar-refractivity contribution is 5.98. The minimum Gasteiger partial charge on any atom is -0.345 e. The number of nitrogens with one attached hydrogen (secondary N) is 1. The van der Waals surface area contributed by atoms with Crippen LogP contribution >= 0.6 is 0 Å². The van der Waals surface area contributed by atoms with Crippen LogP contribution in [0.1, 0.15) is 54.8 Å². The van der Waals surface area contributed by atoms with Crippen molar-refractivity contribution < 1.29 is 9.59 Å². The number of Topliss-reactive ketones (excluding diaryl/α,β-unsaturated/α-hetero) is 1. The van der Waals surface area contributed by atoms with E-state index in [2.05, 4.69) is 5.32 Å². The van der Waals surface area contributed by atoms with Crippen LogP contribution in [0.25, 0.3) is 0 Å². The number of hydrogen-bond acceptors (Lipinski definition) is 3. The Kier molecular flexibility index (Phi) is 5.45. The Balaban J connectivity index is 2.85. The van der Waals surface area contributed by atoms with Gasteiger partial charge in [0, 0.05) is 24.1 Å². The second-order valence-electron chi connectivity index (χ2n) is 5.58. The average molecular weight is 276 g/mol. The highest BCUT2D eigenvalue weighted by Crippen LogP contribution is 2.16. The van der Waals surface area contributed by atoms with E-state index in [1.807, 2.05) is 27.7 Å². The molecule has 0 radical (unpaired) electrons. The summed E-state index contributed by atoms with van der Waals surface area (Å²) in [6.45, 7) is 8.18. The second-order valence-corrected chi connectivity index (χ2v) is 5.58. The molecule has 1 aromatic carbocycles. The molecule has 20 heavy (non-hydrogen) atoms. The number of carbonyl (C=O) groups is 2. The van der Waals surface area contributed by atoms with Crippen molar-refractivity contribution in [2.24, 2.45) is 11.7 Å². The van der Waals surface area contributed by atoms with Gasteiger partial charge in [0.05, 0.1) is 5.54 Å². The minimum atomic E-state index is -0.436. The van der Waals surface area contributed by atoms with Gasteiger partial charge in [0.1, 0.15) is 0 Å². The molecule has 0 aliphatic heterocycles. The third-order valence-corrected chi connectivity index (χ3v) is 3.89. The van der Waals surface area contributed by atoms with Crippen molar-refractivity contribution in [2.45, 2.75) is 39.7 Å². The normalized spacial score (nSPS) is 13.9. The van der Waals surface area contributed by atoms with E-state index in [9.17, 15) is 9.59 Å². The van der Waals surface area contributed by atoms with Crippen LogP contribution in [0, 0.1) is 5.92 Å². The maximum atomic E-state index is 12.2. The van der Waals surface area contributed by atoms with Gasteiger partial charge in [-0.1, -0.05) is 32.9 Å². The zero-order valence-corrected chi connectivity index (χ0v) is 12.7. The van der Waals surface area contributed by atoms with Gasteiger partial charge in [-0.3, -0.25) is 9.59 Å². The molecule has 0 saturated heterocycles. The monoisotopic (exact) mass is 276 g/mol. The summed E-state index contributed by atoms with van der Waals surface area (Å²) >= 11 is 0. The van der Waals surface area contributed by atoms with E-state index < -0.39 is 5.54 Å². The number of ketones is 1. The van der Waals surface area contributed by atoms with E-state index in [0.29, 0.717) is 24.1 Å². The van der Waals surface area contributed by atoms with Crippen molar-refractivity contribution in [1.29, 1.82) is 0 Å². The molecule has 1 rings (SSSR count). The molecule has 0 heterocycles. The molecule has 0 bridgehead atoms. The quantitative estimate of drug-likeness (QED) is 0.784. The molecule has 0 fully saturated rings. The summed E-state index contributed by atoms with van der Waals surface area (Å²) in [4.78, 5) is 23.8. The minimum absolute atomic E-state index is 0.0749. The van der Waals surface area contributed by atoms with Crippen LogP contribution < -0.4 is 11.1 Å². The van der Waals surface area contributed by atoms with Gasteiger partial charge in [-0.05, 0) is 25.0 Å². The third kappa shape index (κ3) is 3.67. The molecule has 1 amide bonds. The molecule has 0 aliphatic rings. The van der Waals surface area contributed by atoms with Gasteiger partial charge in [-0.15, -0.1) is 0 Å². The third-order valence-electron chi connectivity index (χ3n) is 3.89. The van der Waals surface area contributed by atoms with Crippen molar-refractivity contribution in [1.82, 2.24) is 5.32 Å². The first-order valence-corrected chi connectivity index (χ1v) is 7.00. The predicted molar refractivity (Wildman–Crippen MR) is 80.8 cm³/mol. The summed E-state index contributed by atoms with van der Waals surface area (Å²) in [6, 6.07) is 6.73. The smallest absolute Gasteiger partial charge is 0.251 e. The molecular weight excluding hydrogens is 252 g/mol. The number of nitrogens with two attached hydrogens (primary N) is 1. The van der Waals surface area contributed by atoms with Crippen LogP contribution in [0.5, 0.6) is 0 Å². The van der Waals surface area contributed by atoms with E-state index in [1.165, 1.54) is 0 Å². The largest absolute Gasteiger partial charge is 0.345 e. The Labute approximate surface area is 120 Å². The van der Waals surface area contributed by atoms with Crippen molar-refractivity contribution >= 4 is 11.7 Å². The lowest BCUT2D eigenvalue weighted by atomic mass is 9.88. The predicted octanol–water partition coefficient (Wildman–Crippen LogP) is 2.38. The Bertz CT molecular complexity index is 480. The zero-order chi connectivity index (χ0) is 15.3. The molecule has 1 unspecified atom stereocenters. The van der Waals surface area contributed by atoms with Crippen molar-refractivity contribution in [3.05, 3.63) is 35.4 Å². The fraction of sp³-hybridized carbons (Fsp3) is 0.500. The Hall–Kier alpha value is -1.68. The number of hydrogen-bond donors (Lipinski definition) is 2. The molecule has 0 saturated carbocycles. The fourth-order valence-electron chi connectivity index (χ4n) is 1.77. The maximum Gasteiger partial charge on any atom is 0.251 e. The number of benzene rings is 1. The first kappa shape index (κ1) is 16.4. The van der Waals surface area contributed by atoms with Gasteiger partial charge in [0.15, 0.2) is 5.78 Å². The van der Waals surface area contributed by atoms with Crippen molar-refractivity contribution in [3.8, 4) is 0 Å². The van der Waals surface area contributed by atoms with Crippen LogP contribution in [0.3, 0.4) is 0 Å². The lowest BCUT2D eigenvalue weighted by Crippen LogP contribution is -2.55. The van der Waals surface area contributed by atoms with Crippen LogP contribution in [0.2, 0.25) is 0 Å². The zero-order valence-electron chi connectivity index (χ0n) is 12.7. The summed E-state index contributed by atoms with van der Waals surface area (Å²) in [7, 11) is 0. The van der Waals surface area contributed by atoms with Crippen molar-refractivity contribution in [2.75, 3.05) is 6.54 Å². The van der Waals surface area contributed by atoms with E-state index in [4.69, 9.17) is 5.73 Å². The second kappa shape index (κ2) is 6.66. The topological polar surface area (TPSA) is 72.2 Å². The highest BCUT2D eigenvalue weighted by Gasteiger charge is 2.28.